The van der Waals surface area contributed by atoms with Gasteiger partial charge in [0.15, 0.2) is 11.4 Å². The number of ketones is 1. The molecule has 0 amide bonds. The Bertz CT molecular complexity index is 1030. The third kappa shape index (κ3) is 9.29. The van der Waals surface area contributed by atoms with Crippen LogP contribution in [0.15, 0.2) is 42.5 Å². The van der Waals surface area contributed by atoms with Gasteiger partial charge in [0, 0.05) is 5.56 Å². The fraction of sp³-hybridized carbons (Fsp3) is 0.500. The molecule has 36 heavy (non-hydrogen) atoms. The van der Waals surface area contributed by atoms with E-state index in [-0.39, 0.29) is 5.78 Å². The normalized spacial score (nSPS) is 12.1. The van der Waals surface area contributed by atoms with Crippen LogP contribution in [0.3, 0.4) is 0 Å². The van der Waals surface area contributed by atoms with Gasteiger partial charge >= 0.3 is 5.97 Å². The van der Waals surface area contributed by atoms with Gasteiger partial charge in [-0.1, -0.05) is 62.9 Å². The van der Waals surface area contributed by atoms with Gasteiger partial charge in [0.1, 0.15) is 11.4 Å². The molecule has 0 fully saturated rings. The first-order valence-electron chi connectivity index (χ1n) is 13.2. The maximum Gasteiger partial charge on any atom is 0.350 e. The SMILES string of the molecule is CCCCCCCc1ccc(C(=O)C=Cc2cc(C)c(OC(C)(C)C(=O)OC(C)(C)C)c(C)c2)cc1. The average molecular weight is 493 g/mol. The van der Waals surface area contributed by atoms with Crippen LogP contribution in [-0.4, -0.2) is 23.0 Å². The van der Waals surface area contributed by atoms with Crippen molar-refractivity contribution < 1.29 is 19.1 Å². The van der Waals surface area contributed by atoms with Gasteiger partial charge in [0.2, 0.25) is 0 Å². The van der Waals surface area contributed by atoms with Crippen LogP contribution in [0, 0.1) is 13.8 Å². The topological polar surface area (TPSA) is 52.6 Å². The Kier molecular flexibility index (Phi) is 10.5. The molecule has 2 rings (SSSR count). The van der Waals surface area contributed by atoms with Gasteiger partial charge in [-0.25, -0.2) is 4.79 Å². The average Bonchev–Trinajstić information content (AvgIpc) is 2.79. The van der Waals surface area contributed by atoms with E-state index in [0.717, 1.165) is 23.1 Å². The van der Waals surface area contributed by atoms with Crippen molar-refractivity contribution in [3.05, 3.63) is 70.3 Å². The molecular weight excluding hydrogens is 448 g/mol. The van der Waals surface area contributed by atoms with Crippen LogP contribution >= 0.6 is 0 Å². The van der Waals surface area contributed by atoms with Gasteiger partial charge in [-0.3, -0.25) is 4.79 Å². The predicted molar refractivity (Wildman–Crippen MR) is 149 cm³/mol. The molecule has 4 heteroatoms. The Balaban J connectivity index is 2.04. The van der Waals surface area contributed by atoms with Crippen LogP contribution in [0.5, 0.6) is 5.75 Å². The maximum atomic E-state index is 12.7. The summed E-state index contributed by atoms with van der Waals surface area (Å²) in [5, 5.41) is 0. The number of hydrogen-bond acceptors (Lipinski definition) is 4. The predicted octanol–water partition coefficient (Wildman–Crippen LogP) is 8.21. The van der Waals surface area contributed by atoms with Crippen molar-refractivity contribution in [2.45, 2.75) is 105 Å². The van der Waals surface area contributed by atoms with Gasteiger partial charge < -0.3 is 9.47 Å². The lowest BCUT2D eigenvalue weighted by Crippen LogP contribution is -2.43. The van der Waals surface area contributed by atoms with Crippen LogP contribution < -0.4 is 4.74 Å². The zero-order chi connectivity index (χ0) is 26.9. The Labute approximate surface area is 218 Å². The van der Waals surface area contributed by atoms with Crippen molar-refractivity contribution in [1.82, 2.24) is 0 Å². The van der Waals surface area contributed by atoms with E-state index in [1.807, 2.05) is 65.0 Å². The molecular formula is C32H44O4. The van der Waals surface area contributed by atoms with E-state index in [1.54, 1.807) is 19.9 Å². The molecule has 0 bridgehead atoms. The van der Waals surface area contributed by atoms with Gasteiger partial charge in [0.25, 0.3) is 0 Å². The number of carbonyl (C=O) groups is 2. The molecule has 0 atom stereocenters. The lowest BCUT2D eigenvalue weighted by molar-refractivity contribution is -0.171. The molecule has 2 aromatic rings. The summed E-state index contributed by atoms with van der Waals surface area (Å²) in [4.78, 5) is 25.3. The molecule has 0 N–H and O–H groups in total. The first-order chi connectivity index (χ1) is 16.8. The van der Waals surface area contributed by atoms with Crippen molar-refractivity contribution >= 4 is 17.8 Å². The molecule has 0 saturated carbocycles. The second-order valence-electron chi connectivity index (χ2n) is 11.2. The lowest BCUT2D eigenvalue weighted by atomic mass is 10.0. The fourth-order valence-corrected chi connectivity index (χ4v) is 3.98. The van der Waals surface area contributed by atoms with E-state index in [9.17, 15) is 9.59 Å². The maximum absolute atomic E-state index is 12.7. The number of ether oxygens (including phenoxy) is 2. The van der Waals surface area contributed by atoms with Crippen molar-refractivity contribution in [3.63, 3.8) is 0 Å². The Hall–Kier alpha value is -2.88. The van der Waals surface area contributed by atoms with Gasteiger partial charge in [-0.15, -0.1) is 0 Å². The van der Waals surface area contributed by atoms with E-state index in [4.69, 9.17) is 9.47 Å². The quantitative estimate of drug-likeness (QED) is 0.130. The minimum absolute atomic E-state index is 0.0220. The highest BCUT2D eigenvalue weighted by Gasteiger charge is 2.35. The molecule has 4 nitrogen and oxygen atoms in total. The van der Waals surface area contributed by atoms with Crippen molar-refractivity contribution in [3.8, 4) is 5.75 Å². The van der Waals surface area contributed by atoms with Crippen molar-refractivity contribution in [1.29, 1.82) is 0 Å². The van der Waals surface area contributed by atoms with Crippen LogP contribution in [0.4, 0.5) is 0 Å². The van der Waals surface area contributed by atoms with Crippen molar-refractivity contribution in [2.75, 3.05) is 0 Å². The summed E-state index contributed by atoms with van der Waals surface area (Å²) in [6.07, 6.45) is 10.8. The second kappa shape index (κ2) is 12.9. The number of rotatable bonds is 12. The van der Waals surface area contributed by atoms with E-state index < -0.39 is 17.2 Å². The Morgan fingerprint density at radius 3 is 2.00 bits per heavy atom. The molecule has 0 spiro atoms. The summed E-state index contributed by atoms with van der Waals surface area (Å²) < 4.78 is 11.6. The summed E-state index contributed by atoms with van der Waals surface area (Å²) in [5.74, 6) is 0.219. The van der Waals surface area contributed by atoms with Crippen molar-refractivity contribution in [2.24, 2.45) is 0 Å². The number of allylic oxidation sites excluding steroid dienone is 1. The molecule has 0 radical (unpaired) electrons. The zero-order valence-corrected chi connectivity index (χ0v) is 23.5. The van der Waals surface area contributed by atoms with Gasteiger partial charge in [-0.05, 0) is 102 Å². The number of unbranched alkanes of at least 4 members (excludes halogenated alkanes) is 4. The zero-order valence-electron chi connectivity index (χ0n) is 23.5. The standard InChI is InChI=1S/C32H44O4/c1-9-10-11-12-13-14-25-15-18-27(19-16-25)28(33)20-17-26-21-23(2)29(24(3)22-26)35-32(7,8)30(34)36-31(4,5)6/h15-22H,9-14H2,1-8H3. The van der Waals surface area contributed by atoms with Crippen LogP contribution in [0.25, 0.3) is 6.08 Å². The monoisotopic (exact) mass is 492 g/mol. The van der Waals surface area contributed by atoms with E-state index in [0.29, 0.717) is 11.3 Å². The van der Waals surface area contributed by atoms with Gasteiger partial charge in [-0.2, -0.15) is 0 Å². The molecule has 0 aliphatic heterocycles. The second-order valence-corrected chi connectivity index (χ2v) is 11.2. The summed E-state index contributed by atoms with van der Waals surface area (Å²) in [7, 11) is 0. The largest absolute Gasteiger partial charge is 0.476 e. The fourth-order valence-electron chi connectivity index (χ4n) is 3.98. The highest BCUT2D eigenvalue weighted by molar-refractivity contribution is 6.06. The molecule has 0 aromatic heterocycles. The van der Waals surface area contributed by atoms with E-state index in [2.05, 4.69) is 19.1 Å². The molecule has 2 aromatic carbocycles. The van der Waals surface area contributed by atoms with E-state index >= 15 is 0 Å². The number of hydrogen-bond donors (Lipinski definition) is 0. The highest BCUT2D eigenvalue weighted by atomic mass is 16.6. The molecule has 0 saturated heterocycles. The number of carbonyl (C=O) groups excluding carboxylic acids is 2. The lowest BCUT2D eigenvalue weighted by Gasteiger charge is -2.30. The molecule has 0 aliphatic rings. The third-order valence-electron chi connectivity index (χ3n) is 5.96. The highest BCUT2D eigenvalue weighted by Crippen LogP contribution is 2.30. The van der Waals surface area contributed by atoms with Crippen LogP contribution in [0.1, 0.15) is 106 Å². The summed E-state index contributed by atoms with van der Waals surface area (Å²) in [6, 6.07) is 11.9. The van der Waals surface area contributed by atoms with E-state index in [1.165, 1.54) is 37.7 Å². The molecule has 196 valence electrons. The number of aryl methyl sites for hydroxylation is 3. The molecule has 0 unspecified atom stereocenters. The smallest absolute Gasteiger partial charge is 0.350 e. The number of benzene rings is 2. The summed E-state index contributed by atoms with van der Waals surface area (Å²) in [5.41, 5.74) is 2.94. The third-order valence-corrected chi connectivity index (χ3v) is 5.96. The molecule has 0 heterocycles. The molecule has 0 aliphatic carbocycles. The minimum Gasteiger partial charge on any atom is -0.476 e. The number of esters is 1. The minimum atomic E-state index is -1.13. The Morgan fingerprint density at radius 1 is 0.861 bits per heavy atom. The van der Waals surface area contributed by atoms with Gasteiger partial charge in [0.05, 0.1) is 0 Å². The Morgan fingerprint density at radius 2 is 1.44 bits per heavy atom. The van der Waals surface area contributed by atoms with Crippen LogP contribution in [0.2, 0.25) is 0 Å². The summed E-state index contributed by atoms with van der Waals surface area (Å²) >= 11 is 0. The first-order valence-corrected chi connectivity index (χ1v) is 13.2. The van der Waals surface area contributed by atoms with Crippen LogP contribution in [-0.2, 0) is 16.0 Å². The first kappa shape index (κ1) is 29.4. The summed E-state index contributed by atoms with van der Waals surface area (Å²) in [6.45, 7) is 15.0.